The van der Waals surface area contributed by atoms with Gasteiger partial charge >= 0.3 is 0 Å². The minimum atomic E-state index is 0.623. The first-order valence-corrected chi connectivity index (χ1v) is 43.5. The van der Waals surface area contributed by atoms with E-state index in [1.165, 1.54) is 35.2 Å². The number of rotatable bonds is 11. The first-order valence-electron chi connectivity index (χ1n) is 41.3. The summed E-state index contributed by atoms with van der Waals surface area (Å²) in [7, 11) is 0. The smallest absolute Gasteiger partial charge is 0.227 e. The van der Waals surface area contributed by atoms with Crippen LogP contribution in [0.1, 0.15) is 0 Å². The fourth-order valence-electron chi connectivity index (χ4n) is 17.5. The summed E-state index contributed by atoms with van der Waals surface area (Å²) >= 11 is 3.75. The number of benzene rings is 17. The highest BCUT2D eigenvalue weighted by molar-refractivity contribution is 7.00. The lowest BCUT2D eigenvalue weighted by Crippen LogP contribution is -1.97. The van der Waals surface area contributed by atoms with E-state index in [0.717, 1.165) is 238 Å². The third-order valence-electron chi connectivity index (χ3n) is 23.6. The fourth-order valence-corrected chi connectivity index (χ4v) is 19.2. The van der Waals surface area contributed by atoms with E-state index in [-0.39, 0.29) is 0 Å². The second-order valence-electron chi connectivity index (χ2n) is 30.9. The Bertz CT molecular complexity index is 8660. The summed E-state index contributed by atoms with van der Waals surface area (Å²) in [4.78, 5) is 30.3. The highest BCUT2D eigenvalue weighted by atomic mass is 32.1. The summed E-state index contributed by atoms with van der Waals surface area (Å²) in [5.74, 6) is 2.47. The summed E-state index contributed by atoms with van der Waals surface area (Å²) in [5.41, 5.74) is 32.1. The maximum Gasteiger partial charge on any atom is 0.227 e. The van der Waals surface area contributed by atoms with Gasteiger partial charge in [-0.15, -0.1) is 0 Å². The Morgan fingerprint density at radius 2 is 0.508 bits per heavy atom. The molecule has 126 heavy (non-hydrogen) atoms. The highest BCUT2D eigenvalue weighted by Crippen LogP contribution is 2.44. The van der Waals surface area contributed by atoms with E-state index < -0.39 is 0 Å². The van der Waals surface area contributed by atoms with Gasteiger partial charge in [0.05, 0.1) is 90.9 Å². The van der Waals surface area contributed by atoms with Crippen molar-refractivity contribution in [2.24, 2.45) is 0 Å². The number of nitrogens with zero attached hydrogens (tertiary/aromatic N) is 14. The van der Waals surface area contributed by atoms with Crippen LogP contribution in [0.4, 0.5) is 0 Å². The van der Waals surface area contributed by atoms with Crippen molar-refractivity contribution in [3.8, 4) is 113 Å². The van der Waals surface area contributed by atoms with Crippen LogP contribution in [0.5, 0.6) is 0 Å². The average Bonchev–Trinajstić information content (AvgIpc) is 1.26. The van der Waals surface area contributed by atoms with Crippen molar-refractivity contribution < 1.29 is 4.42 Å². The molecular weight excluding hydrogens is 1610 g/mol. The molecule has 9 heterocycles. The molecule has 26 aromatic rings. The van der Waals surface area contributed by atoms with Crippen LogP contribution < -0.4 is 0 Å². The van der Waals surface area contributed by atoms with Crippen molar-refractivity contribution >= 4 is 166 Å². The molecule has 0 atom stereocenters. The standard InChI is InChI=1S/2C38H23N5S.C32H18N4OS/c1-3-9-25(10-4-1)36-30-21-22-32-37(42-44-41-32)35(30)29-20-17-27(23-33(29)39-36)24-15-18-28(19-16-24)43-34-14-8-7-13-31(34)40-38(43)26-11-5-2-6-12-26;1-3-9-25(10-4-1)36-30-21-22-32-37(42-44-41-32)35(30)29-20-19-27(23-33(29)39-36)24-15-17-26(18-16-24)38-40-31-13-7-8-14-34(31)43(38)28-11-5-2-6-12-28;1-2-6-20(7-3-1)30-24-16-17-26-31(36-38-35-26)29(24)23-15-14-22(18-27(23)33-30)19-10-12-21(13-11-19)32-34-25-8-4-5-9-28(25)37-32/h2*1-23H;1-18H. The number of para-hydroxylation sites is 7. The molecule has 0 aliphatic rings. The molecule has 0 radical (unpaired) electrons. The number of oxazole rings is 1. The summed E-state index contributed by atoms with van der Waals surface area (Å²) in [6, 6.07) is 134. The maximum absolute atomic E-state index is 5.95. The number of aromatic nitrogens is 14. The lowest BCUT2D eigenvalue weighted by Gasteiger charge is -2.13. The molecule has 0 N–H and O–H groups in total. The first-order chi connectivity index (χ1) is 62.4. The van der Waals surface area contributed by atoms with E-state index in [0.29, 0.717) is 5.89 Å². The van der Waals surface area contributed by atoms with Gasteiger partial charge in [-0.25, -0.2) is 29.9 Å². The van der Waals surface area contributed by atoms with Crippen LogP contribution in [0.25, 0.3) is 244 Å². The second kappa shape index (κ2) is 30.9. The van der Waals surface area contributed by atoms with Gasteiger partial charge in [0.1, 0.15) is 50.3 Å². The monoisotopic (exact) mass is 1670 g/mol. The molecule has 0 bridgehead atoms. The molecule has 0 aliphatic heterocycles. The molecule has 0 saturated carbocycles. The number of imidazole rings is 2. The first kappa shape index (κ1) is 73.5. The predicted octanol–water partition coefficient (Wildman–Crippen LogP) is 28.0. The van der Waals surface area contributed by atoms with Crippen molar-refractivity contribution in [3.63, 3.8) is 0 Å². The molecule has 9 aromatic heterocycles. The largest absolute Gasteiger partial charge is 0.436 e. The zero-order chi connectivity index (χ0) is 83.1. The van der Waals surface area contributed by atoms with Crippen LogP contribution in [0, 0.1) is 0 Å². The van der Waals surface area contributed by atoms with Crippen molar-refractivity contribution in [2.45, 2.75) is 0 Å². The van der Waals surface area contributed by atoms with Gasteiger partial charge in [0.2, 0.25) is 5.89 Å². The minimum absolute atomic E-state index is 0.623. The number of hydrogen-bond donors (Lipinski definition) is 0. The van der Waals surface area contributed by atoms with Crippen molar-refractivity contribution in [2.75, 3.05) is 0 Å². The summed E-state index contributed by atoms with van der Waals surface area (Å²) in [6.45, 7) is 0. The molecule has 18 heteroatoms. The van der Waals surface area contributed by atoms with Crippen LogP contribution in [-0.4, -0.2) is 65.3 Å². The van der Waals surface area contributed by atoms with Gasteiger partial charge in [-0.2, -0.15) is 26.2 Å². The molecule has 26 rings (SSSR count). The molecule has 15 nitrogen and oxygen atoms in total. The van der Waals surface area contributed by atoms with Gasteiger partial charge in [0, 0.05) is 93.2 Å². The molecule has 0 spiro atoms. The van der Waals surface area contributed by atoms with Crippen LogP contribution in [0.15, 0.2) is 393 Å². The molecule has 590 valence electrons. The quantitative estimate of drug-likeness (QED) is 0.112. The fraction of sp³-hybridized carbons (Fsp3) is 0. The maximum atomic E-state index is 5.95. The number of hydrogen-bond acceptors (Lipinski definition) is 16. The number of fused-ring (bicyclic) bond motifs is 18. The lowest BCUT2D eigenvalue weighted by atomic mass is 9.96. The van der Waals surface area contributed by atoms with Crippen molar-refractivity contribution in [3.05, 3.63) is 388 Å². The average molecular weight is 1670 g/mol. The zero-order valence-electron chi connectivity index (χ0n) is 66.8. The Labute approximate surface area is 731 Å². The Morgan fingerprint density at radius 3 is 0.913 bits per heavy atom. The Balaban J connectivity index is 0.000000106. The van der Waals surface area contributed by atoms with E-state index in [4.69, 9.17) is 38.1 Å². The molecule has 0 unspecified atom stereocenters. The van der Waals surface area contributed by atoms with Gasteiger partial charge < -0.3 is 4.42 Å². The molecule has 0 aliphatic carbocycles. The molecule has 0 amide bonds. The van der Waals surface area contributed by atoms with Crippen LogP contribution in [0.3, 0.4) is 0 Å². The lowest BCUT2D eigenvalue weighted by molar-refractivity contribution is 0.620. The summed E-state index contributed by atoms with van der Waals surface area (Å²) < 4.78 is 38.0. The third-order valence-corrected chi connectivity index (χ3v) is 25.2. The van der Waals surface area contributed by atoms with E-state index in [1.807, 2.05) is 97.1 Å². The van der Waals surface area contributed by atoms with E-state index in [2.05, 4.69) is 323 Å². The summed E-state index contributed by atoms with van der Waals surface area (Å²) in [5, 5.41) is 9.78. The van der Waals surface area contributed by atoms with E-state index in [1.54, 1.807) is 0 Å². The Morgan fingerprint density at radius 1 is 0.198 bits per heavy atom. The third kappa shape index (κ3) is 13.0. The zero-order valence-corrected chi connectivity index (χ0v) is 69.3. The molecule has 17 aromatic carbocycles. The van der Waals surface area contributed by atoms with Gasteiger partial charge in [-0.3, -0.25) is 9.13 Å². The van der Waals surface area contributed by atoms with Crippen molar-refractivity contribution in [1.82, 2.24) is 65.3 Å². The Hall–Kier alpha value is -16.4. The Kier molecular flexibility index (Phi) is 18.1. The SMILES string of the molecule is c1ccc(-c2nc3cc(-c4ccc(-c5nc6ccccc6n5-c5ccccc5)cc4)ccc3c3c2ccc2nsnc23)cc1.c1ccc(-c2nc3cc(-c4ccc(-c5nc6ccccc6o5)cc4)ccc3c3c2ccc2nsnc23)cc1.c1ccc(-c2nc3cc(-c4ccc(-n5c(-c6ccccc6)nc6ccccc65)cc4)ccc3c3c2ccc2nsnc23)cc1. The minimum Gasteiger partial charge on any atom is -0.436 e. The van der Waals surface area contributed by atoms with Crippen molar-refractivity contribution in [1.29, 1.82) is 0 Å². The molecule has 0 saturated heterocycles. The summed E-state index contributed by atoms with van der Waals surface area (Å²) in [6.07, 6.45) is 0. The van der Waals surface area contributed by atoms with Crippen LogP contribution in [0.2, 0.25) is 0 Å². The number of pyridine rings is 3. The molecular formula is C108H64N14OS3. The topological polar surface area (TPSA) is 178 Å². The highest BCUT2D eigenvalue weighted by Gasteiger charge is 2.23. The normalized spacial score (nSPS) is 11.7. The predicted molar refractivity (Wildman–Crippen MR) is 516 cm³/mol. The molecule has 0 fully saturated rings. The van der Waals surface area contributed by atoms with Crippen LogP contribution >= 0.6 is 35.2 Å². The van der Waals surface area contributed by atoms with Gasteiger partial charge in [-0.1, -0.05) is 261 Å². The van der Waals surface area contributed by atoms with E-state index >= 15 is 0 Å². The second-order valence-corrected chi connectivity index (χ2v) is 32.5. The van der Waals surface area contributed by atoms with Gasteiger partial charge in [0.25, 0.3) is 0 Å². The van der Waals surface area contributed by atoms with E-state index in [9.17, 15) is 0 Å². The van der Waals surface area contributed by atoms with Gasteiger partial charge in [0.15, 0.2) is 5.58 Å². The van der Waals surface area contributed by atoms with Crippen LogP contribution in [-0.2, 0) is 0 Å². The van der Waals surface area contributed by atoms with Gasteiger partial charge in [-0.05, 0) is 161 Å².